The second kappa shape index (κ2) is 8.57. The molecule has 0 radical (unpaired) electrons. The number of hydrogen-bond donors (Lipinski definition) is 1. The summed E-state index contributed by atoms with van der Waals surface area (Å²) >= 11 is 2.82. The van der Waals surface area contributed by atoms with E-state index in [-0.39, 0.29) is 0 Å². The van der Waals surface area contributed by atoms with Crippen molar-refractivity contribution in [1.82, 2.24) is 10.2 Å². The molecule has 0 bridgehead atoms. The van der Waals surface area contributed by atoms with Crippen molar-refractivity contribution in [2.75, 3.05) is 15.9 Å². The van der Waals surface area contributed by atoms with Gasteiger partial charge >= 0.3 is 0 Å². The summed E-state index contributed by atoms with van der Waals surface area (Å²) in [6.45, 7) is 9.48. The predicted octanol–water partition coefficient (Wildman–Crippen LogP) is 3.45. The molecule has 2 rings (SSSR count). The van der Waals surface area contributed by atoms with Gasteiger partial charge in [-0.15, -0.1) is 10.2 Å². The molecule has 1 atom stereocenters. The maximum absolute atomic E-state index is 12.7. The van der Waals surface area contributed by atoms with Crippen molar-refractivity contribution in [3.63, 3.8) is 0 Å². The fourth-order valence-corrected chi connectivity index (χ4v) is 5.54. The van der Waals surface area contributed by atoms with Gasteiger partial charge in [0.05, 0.1) is 11.9 Å². The van der Waals surface area contributed by atoms with E-state index in [1.54, 1.807) is 30.8 Å². The smallest absolute Gasteiger partial charge is 0.249 e. The number of nitrogens with one attached hydrogen (secondary N) is 1. The zero-order valence-corrected chi connectivity index (χ0v) is 18.6. The quantitative estimate of drug-likeness (QED) is 0.536. The highest BCUT2D eigenvalue weighted by Crippen LogP contribution is 2.29. The highest BCUT2D eigenvalue weighted by molar-refractivity contribution is 8.01. The minimum absolute atomic E-state index is 0.350. The number of benzene rings is 1. The zero-order valence-electron chi connectivity index (χ0n) is 16.2. The lowest BCUT2D eigenvalue weighted by Crippen LogP contribution is -2.45. The van der Waals surface area contributed by atoms with Crippen LogP contribution in [0.5, 0.6) is 0 Å². The molecule has 1 amide bonds. The number of amides is 1. The van der Waals surface area contributed by atoms with Crippen LogP contribution in [-0.4, -0.2) is 42.1 Å². The van der Waals surface area contributed by atoms with Crippen LogP contribution in [-0.2, 0) is 14.8 Å². The molecule has 0 spiro atoms. The topological polar surface area (TPSA) is 92.3 Å². The standard InChI is InChI=1S/C17H24N4O3S3/c1-10(2)25-17-20-19-16(26-17)18-15(22)13(5)21(27(6,23)24)14-8-7-11(3)12(4)9-14/h7-10,13H,1-6H3,(H,18,19,22). The molecule has 0 fully saturated rings. The highest BCUT2D eigenvalue weighted by Gasteiger charge is 2.30. The first kappa shape index (κ1) is 21.6. The van der Waals surface area contributed by atoms with E-state index in [1.165, 1.54) is 11.3 Å². The lowest BCUT2D eigenvalue weighted by molar-refractivity contribution is -0.116. The van der Waals surface area contributed by atoms with Gasteiger partial charge in [0.1, 0.15) is 6.04 Å². The molecular formula is C17H24N4O3S3. The van der Waals surface area contributed by atoms with Gasteiger partial charge in [0.2, 0.25) is 21.1 Å². The summed E-state index contributed by atoms with van der Waals surface area (Å²) in [6, 6.07) is 4.37. The molecule has 1 aromatic heterocycles. The monoisotopic (exact) mass is 428 g/mol. The van der Waals surface area contributed by atoms with Gasteiger partial charge in [-0.05, 0) is 44.0 Å². The van der Waals surface area contributed by atoms with Gasteiger partial charge in [-0.25, -0.2) is 8.42 Å². The van der Waals surface area contributed by atoms with Gasteiger partial charge in [0, 0.05) is 5.25 Å². The maximum atomic E-state index is 12.7. The molecule has 1 aromatic carbocycles. The van der Waals surface area contributed by atoms with Crippen LogP contribution in [0.25, 0.3) is 0 Å². The average molecular weight is 429 g/mol. The number of sulfonamides is 1. The Hall–Kier alpha value is -1.65. The largest absolute Gasteiger partial charge is 0.299 e. The fourth-order valence-electron chi connectivity index (χ4n) is 2.39. The van der Waals surface area contributed by atoms with Gasteiger partial charge in [0.25, 0.3) is 0 Å². The summed E-state index contributed by atoms with van der Waals surface area (Å²) in [5, 5.41) is 11.4. The van der Waals surface area contributed by atoms with E-state index in [0.29, 0.717) is 16.1 Å². The number of aryl methyl sites for hydroxylation is 2. The molecular weight excluding hydrogens is 404 g/mol. The van der Waals surface area contributed by atoms with Gasteiger partial charge in [0.15, 0.2) is 4.34 Å². The summed E-state index contributed by atoms with van der Waals surface area (Å²) in [5.41, 5.74) is 2.46. The average Bonchev–Trinajstić information content (AvgIpc) is 2.95. The number of aromatic nitrogens is 2. The lowest BCUT2D eigenvalue weighted by Gasteiger charge is -2.28. The van der Waals surface area contributed by atoms with Crippen molar-refractivity contribution >= 4 is 49.8 Å². The molecule has 1 heterocycles. The van der Waals surface area contributed by atoms with Crippen molar-refractivity contribution < 1.29 is 13.2 Å². The summed E-state index contributed by atoms with van der Waals surface area (Å²) in [4.78, 5) is 12.7. The van der Waals surface area contributed by atoms with Gasteiger partial charge in [-0.1, -0.05) is 43.0 Å². The predicted molar refractivity (Wildman–Crippen MR) is 112 cm³/mol. The molecule has 10 heteroatoms. The highest BCUT2D eigenvalue weighted by atomic mass is 32.2. The van der Waals surface area contributed by atoms with Crippen LogP contribution in [0.1, 0.15) is 31.9 Å². The third-order valence-electron chi connectivity index (χ3n) is 3.81. The minimum Gasteiger partial charge on any atom is -0.299 e. The SMILES string of the molecule is Cc1ccc(N(C(C)C(=O)Nc2nnc(SC(C)C)s2)S(C)(=O)=O)cc1C. The van der Waals surface area contributed by atoms with Crippen LogP contribution < -0.4 is 9.62 Å². The van der Waals surface area contributed by atoms with Gasteiger partial charge < -0.3 is 0 Å². The van der Waals surface area contributed by atoms with Crippen molar-refractivity contribution in [1.29, 1.82) is 0 Å². The molecule has 148 valence electrons. The zero-order chi connectivity index (χ0) is 20.4. The number of rotatable bonds is 7. The minimum atomic E-state index is -3.66. The first-order valence-electron chi connectivity index (χ1n) is 8.36. The van der Waals surface area contributed by atoms with Crippen molar-refractivity contribution in [3.05, 3.63) is 29.3 Å². The van der Waals surface area contributed by atoms with E-state index in [4.69, 9.17) is 0 Å². The Bertz CT molecular complexity index is 925. The normalized spacial score (nSPS) is 12.9. The van der Waals surface area contributed by atoms with Crippen LogP contribution in [0.2, 0.25) is 0 Å². The number of thioether (sulfide) groups is 1. The summed E-state index contributed by atoms with van der Waals surface area (Å²) in [6.07, 6.45) is 1.09. The fraction of sp³-hybridized carbons (Fsp3) is 0.471. The molecule has 27 heavy (non-hydrogen) atoms. The Morgan fingerprint density at radius 1 is 1.19 bits per heavy atom. The number of anilines is 2. The van der Waals surface area contributed by atoms with E-state index < -0.39 is 22.0 Å². The van der Waals surface area contributed by atoms with Crippen LogP contribution in [0, 0.1) is 13.8 Å². The lowest BCUT2D eigenvalue weighted by atomic mass is 10.1. The molecule has 1 unspecified atom stereocenters. The number of carbonyl (C=O) groups is 1. The first-order chi connectivity index (χ1) is 12.5. The first-order valence-corrected chi connectivity index (χ1v) is 11.9. The molecule has 0 saturated carbocycles. The number of nitrogens with zero attached hydrogens (tertiary/aromatic N) is 3. The molecule has 0 saturated heterocycles. The second-order valence-electron chi connectivity index (χ2n) is 6.53. The molecule has 7 nitrogen and oxygen atoms in total. The van der Waals surface area contributed by atoms with E-state index in [1.807, 2.05) is 33.8 Å². The van der Waals surface area contributed by atoms with Crippen LogP contribution in [0.3, 0.4) is 0 Å². The van der Waals surface area contributed by atoms with Crippen LogP contribution in [0.4, 0.5) is 10.8 Å². The van der Waals surface area contributed by atoms with E-state index in [2.05, 4.69) is 15.5 Å². The Labute approximate surface area is 168 Å². The van der Waals surface area contributed by atoms with Crippen molar-refractivity contribution in [3.8, 4) is 0 Å². The van der Waals surface area contributed by atoms with Crippen molar-refractivity contribution in [2.45, 2.75) is 50.3 Å². The summed E-state index contributed by atoms with van der Waals surface area (Å²) in [5.74, 6) is -0.462. The van der Waals surface area contributed by atoms with Gasteiger partial charge in [-0.3, -0.25) is 14.4 Å². The Morgan fingerprint density at radius 2 is 1.85 bits per heavy atom. The van der Waals surface area contributed by atoms with E-state index >= 15 is 0 Å². The summed E-state index contributed by atoms with van der Waals surface area (Å²) in [7, 11) is -3.66. The molecule has 2 aromatic rings. The van der Waals surface area contributed by atoms with Crippen LogP contribution in [0.15, 0.2) is 22.5 Å². The maximum Gasteiger partial charge on any atom is 0.249 e. The number of hydrogen-bond acceptors (Lipinski definition) is 7. The van der Waals surface area contributed by atoms with E-state index in [9.17, 15) is 13.2 Å². The molecule has 0 aliphatic carbocycles. The third kappa shape index (κ3) is 5.66. The van der Waals surface area contributed by atoms with Crippen molar-refractivity contribution in [2.24, 2.45) is 0 Å². The Balaban J connectivity index is 2.24. The molecule has 0 aliphatic rings. The second-order valence-corrected chi connectivity index (χ2v) is 11.2. The van der Waals surface area contributed by atoms with Crippen LogP contribution >= 0.6 is 23.1 Å². The molecule has 1 N–H and O–H groups in total. The molecule has 0 aliphatic heterocycles. The Kier molecular flexibility index (Phi) is 6.87. The Morgan fingerprint density at radius 3 is 2.41 bits per heavy atom. The summed E-state index contributed by atoms with van der Waals surface area (Å²) < 4.78 is 26.6. The number of carbonyl (C=O) groups excluding carboxylic acids is 1. The van der Waals surface area contributed by atoms with Gasteiger partial charge in [-0.2, -0.15) is 0 Å². The van der Waals surface area contributed by atoms with E-state index in [0.717, 1.165) is 26.0 Å². The third-order valence-corrected chi connectivity index (χ3v) is 6.97.